The minimum absolute atomic E-state index is 0.288. The number of rotatable bonds is 3. The highest BCUT2D eigenvalue weighted by molar-refractivity contribution is 7.07. The molecule has 1 atom stereocenters. The van der Waals surface area contributed by atoms with E-state index in [0.717, 1.165) is 51.3 Å². The Kier molecular flexibility index (Phi) is 4.15. The second-order valence-corrected chi connectivity index (χ2v) is 6.16. The van der Waals surface area contributed by atoms with Crippen LogP contribution in [0, 0.1) is 0 Å². The van der Waals surface area contributed by atoms with Gasteiger partial charge in [-0.15, -0.1) is 0 Å². The summed E-state index contributed by atoms with van der Waals surface area (Å²) in [7, 11) is 0. The van der Waals surface area contributed by atoms with Gasteiger partial charge in [0.15, 0.2) is 0 Å². The van der Waals surface area contributed by atoms with Crippen LogP contribution < -0.4 is 5.32 Å². The first-order valence-corrected chi connectivity index (χ1v) is 8.01. The van der Waals surface area contributed by atoms with E-state index in [4.69, 9.17) is 0 Å². The molecule has 1 aromatic heterocycles. The maximum atomic E-state index is 12.2. The fraction of sp³-hybridized carbons (Fsp3) is 0.643. The first kappa shape index (κ1) is 13.1. The second kappa shape index (κ2) is 6.03. The molecule has 104 valence electrons. The van der Waals surface area contributed by atoms with Gasteiger partial charge in [0, 0.05) is 45.3 Å². The van der Waals surface area contributed by atoms with Gasteiger partial charge in [0.25, 0.3) is 0 Å². The van der Waals surface area contributed by atoms with Crippen LogP contribution in [0.2, 0.25) is 0 Å². The van der Waals surface area contributed by atoms with Crippen LogP contribution in [0.1, 0.15) is 12.0 Å². The van der Waals surface area contributed by atoms with Crippen molar-refractivity contribution >= 4 is 17.2 Å². The summed E-state index contributed by atoms with van der Waals surface area (Å²) in [4.78, 5) is 16.8. The zero-order chi connectivity index (χ0) is 13.1. The zero-order valence-electron chi connectivity index (χ0n) is 11.2. The van der Waals surface area contributed by atoms with Gasteiger partial charge in [-0.3, -0.25) is 9.69 Å². The third-order valence-electron chi connectivity index (χ3n) is 4.12. The summed E-state index contributed by atoms with van der Waals surface area (Å²) in [5, 5.41) is 7.49. The van der Waals surface area contributed by atoms with Crippen LogP contribution in [0.4, 0.5) is 0 Å². The summed E-state index contributed by atoms with van der Waals surface area (Å²) < 4.78 is 0. The maximum absolute atomic E-state index is 12.2. The van der Waals surface area contributed by atoms with Crippen molar-refractivity contribution in [1.82, 2.24) is 15.1 Å². The summed E-state index contributed by atoms with van der Waals surface area (Å²) in [6, 6.07) is 2.63. The fourth-order valence-corrected chi connectivity index (χ4v) is 3.66. The van der Waals surface area contributed by atoms with E-state index in [1.54, 1.807) is 11.3 Å². The fourth-order valence-electron chi connectivity index (χ4n) is 2.99. The van der Waals surface area contributed by atoms with Gasteiger partial charge in [0.1, 0.15) is 0 Å². The Morgan fingerprint density at radius 2 is 2.21 bits per heavy atom. The highest BCUT2D eigenvalue weighted by atomic mass is 32.1. The van der Waals surface area contributed by atoms with Crippen LogP contribution >= 0.6 is 11.3 Å². The lowest BCUT2D eigenvalue weighted by molar-refractivity contribution is -0.129. The summed E-state index contributed by atoms with van der Waals surface area (Å²) in [6.07, 6.45) is 1.70. The normalized spacial score (nSPS) is 24.8. The molecule has 19 heavy (non-hydrogen) atoms. The molecule has 2 saturated heterocycles. The smallest absolute Gasteiger partial charge is 0.227 e. The van der Waals surface area contributed by atoms with E-state index < -0.39 is 0 Å². The molecule has 0 bridgehead atoms. The number of thiophene rings is 1. The third kappa shape index (κ3) is 3.16. The van der Waals surface area contributed by atoms with Gasteiger partial charge < -0.3 is 10.2 Å². The lowest BCUT2D eigenvalue weighted by atomic mass is 10.2. The van der Waals surface area contributed by atoms with Crippen molar-refractivity contribution in [3.05, 3.63) is 22.4 Å². The van der Waals surface area contributed by atoms with Crippen LogP contribution in [-0.4, -0.2) is 61.0 Å². The van der Waals surface area contributed by atoms with Crippen LogP contribution in [0.15, 0.2) is 16.8 Å². The molecule has 2 aliphatic heterocycles. The number of likely N-dealkylation sites (tertiary alicyclic amines) is 1. The van der Waals surface area contributed by atoms with Crippen LogP contribution in [0.3, 0.4) is 0 Å². The van der Waals surface area contributed by atoms with Gasteiger partial charge in [0.2, 0.25) is 5.91 Å². The number of nitrogens with zero attached hydrogens (tertiary/aromatic N) is 2. The molecule has 1 amide bonds. The molecule has 1 aromatic rings. The van der Waals surface area contributed by atoms with E-state index in [9.17, 15) is 4.79 Å². The Hall–Kier alpha value is -0.910. The van der Waals surface area contributed by atoms with Crippen molar-refractivity contribution in [2.75, 3.05) is 39.3 Å². The lowest BCUT2D eigenvalue weighted by Gasteiger charge is -2.32. The summed E-state index contributed by atoms with van der Waals surface area (Å²) in [5.74, 6) is 0.288. The molecule has 3 rings (SSSR count). The van der Waals surface area contributed by atoms with E-state index >= 15 is 0 Å². The van der Waals surface area contributed by atoms with Gasteiger partial charge in [-0.1, -0.05) is 0 Å². The average Bonchev–Trinajstić information content (AvgIpc) is 3.10. The van der Waals surface area contributed by atoms with Crippen LogP contribution in [-0.2, 0) is 11.2 Å². The molecule has 0 aliphatic carbocycles. The monoisotopic (exact) mass is 279 g/mol. The van der Waals surface area contributed by atoms with Gasteiger partial charge in [-0.05, 0) is 28.8 Å². The predicted molar refractivity (Wildman–Crippen MR) is 77.5 cm³/mol. The topological polar surface area (TPSA) is 35.6 Å². The predicted octanol–water partition coefficient (Wildman–Crippen LogP) is 0.797. The van der Waals surface area contributed by atoms with Crippen molar-refractivity contribution in [3.63, 3.8) is 0 Å². The third-order valence-corrected chi connectivity index (χ3v) is 4.85. The van der Waals surface area contributed by atoms with Crippen molar-refractivity contribution in [2.45, 2.75) is 18.9 Å². The standard InChI is InChI=1S/C14H21N3OS/c18-14(9-12-2-8-19-11-12)17-5-1-13(10-17)16-6-3-15-4-7-16/h2,8,11,13,15H,1,3-7,9-10H2. The number of piperazine rings is 1. The SMILES string of the molecule is O=C(Cc1ccsc1)N1CCC(N2CCNCC2)C1. The Labute approximate surface area is 118 Å². The quantitative estimate of drug-likeness (QED) is 0.889. The Morgan fingerprint density at radius 3 is 2.95 bits per heavy atom. The van der Waals surface area contributed by atoms with E-state index in [2.05, 4.69) is 15.6 Å². The summed E-state index contributed by atoms with van der Waals surface area (Å²) in [6.45, 7) is 6.26. The summed E-state index contributed by atoms with van der Waals surface area (Å²) >= 11 is 1.66. The molecule has 4 nitrogen and oxygen atoms in total. The number of carbonyl (C=O) groups excluding carboxylic acids is 1. The van der Waals surface area contributed by atoms with Crippen molar-refractivity contribution in [2.24, 2.45) is 0 Å². The van der Waals surface area contributed by atoms with E-state index in [0.29, 0.717) is 12.5 Å². The molecular weight excluding hydrogens is 258 g/mol. The highest BCUT2D eigenvalue weighted by Gasteiger charge is 2.30. The average molecular weight is 279 g/mol. The Bertz CT molecular complexity index is 414. The number of hydrogen-bond acceptors (Lipinski definition) is 4. The molecule has 0 radical (unpaired) electrons. The van der Waals surface area contributed by atoms with Crippen molar-refractivity contribution in [1.29, 1.82) is 0 Å². The number of nitrogens with one attached hydrogen (secondary N) is 1. The molecule has 3 heterocycles. The van der Waals surface area contributed by atoms with E-state index in [1.807, 2.05) is 16.3 Å². The van der Waals surface area contributed by atoms with Gasteiger partial charge in [0.05, 0.1) is 6.42 Å². The molecule has 2 aliphatic rings. The number of carbonyl (C=O) groups is 1. The molecule has 0 saturated carbocycles. The Morgan fingerprint density at radius 1 is 1.37 bits per heavy atom. The number of hydrogen-bond donors (Lipinski definition) is 1. The first-order valence-electron chi connectivity index (χ1n) is 7.06. The van der Waals surface area contributed by atoms with Crippen molar-refractivity contribution < 1.29 is 4.79 Å². The molecule has 0 aromatic carbocycles. The van der Waals surface area contributed by atoms with E-state index in [-0.39, 0.29) is 5.91 Å². The van der Waals surface area contributed by atoms with Gasteiger partial charge >= 0.3 is 0 Å². The van der Waals surface area contributed by atoms with Crippen LogP contribution in [0.25, 0.3) is 0 Å². The van der Waals surface area contributed by atoms with Gasteiger partial charge in [-0.2, -0.15) is 11.3 Å². The van der Waals surface area contributed by atoms with Crippen LogP contribution in [0.5, 0.6) is 0 Å². The largest absolute Gasteiger partial charge is 0.341 e. The zero-order valence-corrected chi connectivity index (χ0v) is 12.0. The van der Waals surface area contributed by atoms with E-state index in [1.165, 1.54) is 0 Å². The molecule has 1 N–H and O–H groups in total. The highest BCUT2D eigenvalue weighted by Crippen LogP contribution is 2.18. The molecule has 5 heteroatoms. The Balaban J connectivity index is 1.52. The molecule has 1 unspecified atom stereocenters. The minimum atomic E-state index is 0.288. The maximum Gasteiger partial charge on any atom is 0.227 e. The number of amides is 1. The summed E-state index contributed by atoms with van der Waals surface area (Å²) in [5.41, 5.74) is 1.15. The molecular formula is C14H21N3OS. The van der Waals surface area contributed by atoms with Gasteiger partial charge in [-0.25, -0.2) is 0 Å². The lowest BCUT2D eigenvalue weighted by Crippen LogP contribution is -2.49. The second-order valence-electron chi connectivity index (χ2n) is 5.38. The first-order chi connectivity index (χ1) is 9.33. The van der Waals surface area contributed by atoms with Crippen molar-refractivity contribution in [3.8, 4) is 0 Å². The minimum Gasteiger partial charge on any atom is -0.341 e. The molecule has 2 fully saturated rings. The molecule has 0 spiro atoms.